The van der Waals surface area contributed by atoms with Crippen LogP contribution in [0, 0.1) is 5.82 Å². The number of carbonyl (C=O) groups excluding carboxylic acids is 1. The quantitative estimate of drug-likeness (QED) is 0.344. The number of aldehydes is 1. The maximum atomic E-state index is 13.9. The standard InChI is InChI=1S/C19H32ClFN2O2Si/c1-7-17(25-26(5,6)19(2,3)4)23-15(13-24)12-22-11-14-9-8-10-16(20)18(14)21/h8-10,13,15,17,22-23H,7,11-12H2,1-6H3/t15?,17-/m0/s1. The summed E-state index contributed by atoms with van der Waals surface area (Å²) in [6, 6.07) is 4.48. The fourth-order valence-electron chi connectivity index (χ4n) is 2.20. The lowest BCUT2D eigenvalue weighted by molar-refractivity contribution is -0.110. The summed E-state index contributed by atoms with van der Waals surface area (Å²) in [6.07, 6.45) is 1.44. The van der Waals surface area contributed by atoms with Crippen molar-refractivity contribution >= 4 is 26.2 Å². The van der Waals surface area contributed by atoms with Crippen LogP contribution in [0.5, 0.6) is 0 Å². The maximum absolute atomic E-state index is 13.9. The summed E-state index contributed by atoms with van der Waals surface area (Å²) in [6.45, 7) is 13.6. The number of rotatable bonds is 10. The lowest BCUT2D eigenvalue weighted by Crippen LogP contribution is -2.52. The zero-order valence-electron chi connectivity index (χ0n) is 16.7. The molecule has 1 aromatic carbocycles. The van der Waals surface area contributed by atoms with Crippen LogP contribution >= 0.6 is 11.6 Å². The Hall–Kier alpha value is -0.793. The Balaban J connectivity index is 2.59. The summed E-state index contributed by atoms with van der Waals surface area (Å²) >= 11 is 5.78. The maximum Gasteiger partial charge on any atom is 0.194 e. The molecule has 0 aliphatic heterocycles. The lowest BCUT2D eigenvalue weighted by Gasteiger charge is -2.39. The molecule has 7 heteroatoms. The normalized spacial score (nSPS) is 14.9. The molecule has 0 saturated carbocycles. The van der Waals surface area contributed by atoms with Crippen molar-refractivity contribution in [2.24, 2.45) is 0 Å². The fourth-order valence-corrected chi connectivity index (χ4v) is 3.69. The van der Waals surface area contributed by atoms with Crippen molar-refractivity contribution in [3.63, 3.8) is 0 Å². The molecule has 0 bridgehead atoms. The molecule has 0 spiro atoms. The molecule has 1 aromatic rings. The number of carbonyl (C=O) groups is 1. The van der Waals surface area contributed by atoms with Gasteiger partial charge in [-0.3, -0.25) is 5.32 Å². The third-order valence-electron chi connectivity index (χ3n) is 4.89. The monoisotopic (exact) mass is 402 g/mol. The molecule has 0 radical (unpaired) electrons. The highest BCUT2D eigenvalue weighted by molar-refractivity contribution is 6.74. The minimum atomic E-state index is -1.93. The molecule has 2 atom stereocenters. The van der Waals surface area contributed by atoms with Crippen LogP contribution in [-0.4, -0.2) is 33.4 Å². The van der Waals surface area contributed by atoms with E-state index in [-0.39, 0.29) is 16.3 Å². The van der Waals surface area contributed by atoms with Crippen LogP contribution in [0.1, 0.15) is 39.7 Å². The molecule has 4 nitrogen and oxygen atoms in total. The SMILES string of the molecule is CC[C@@H](NC(C=O)CNCc1cccc(Cl)c1F)O[Si](C)(C)C(C)(C)C. The van der Waals surface area contributed by atoms with Crippen LogP contribution < -0.4 is 10.6 Å². The second kappa shape index (κ2) is 9.94. The van der Waals surface area contributed by atoms with E-state index >= 15 is 0 Å². The van der Waals surface area contributed by atoms with Crippen LogP contribution in [0.4, 0.5) is 4.39 Å². The Bertz CT molecular complexity index is 593. The summed E-state index contributed by atoms with van der Waals surface area (Å²) < 4.78 is 20.2. The van der Waals surface area contributed by atoms with Gasteiger partial charge in [-0.05, 0) is 30.6 Å². The van der Waals surface area contributed by atoms with Crippen molar-refractivity contribution in [2.45, 2.75) is 71.1 Å². The molecule has 0 fully saturated rings. The molecule has 26 heavy (non-hydrogen) atoms. The van der Waals surface area contributed by atoms with E-state index in [1.165, 1.54) is 6.07 Å². The van der Waals surface area contributed by atoms with E-state index in [9.17, 15) is 9.18 Å². The van der Waals surface area contributed by atoms with Crippen molar-refractivity contribution < 1.29 is 13.6 Å². The molecule has 148 valence electrons. The average molecular weight is 403 g/mol. The molecule has 0 heterocycles. The van der Waals surface area contributed by atoms with Gasteiger partial charge in [0, 0.05) is 18.7 Å². The zero-order chi connectivity index (χ0) is 20.0. The van der Waals surface area contributed by atoms with Crippen LogP contribution in [0.3, 0.4) is 0 Å². The first kappa shape index (κ1) is 23.2. The highest BCUT2D eigenvalue weighted by atomic mass is 35.5. The third-order valence-corrected chi connectivity index (χ3v) is 9.67. The Morgan fingerprint density at radius 3 is 2.54 bits per heavy atom. The van der Waals surface area contributed by atoms with E-state index in [1.807, 2.05) is 6.92 Å². The third kappa shape index (κ3) is 6.74. The van der Waals surface area contributed by atoms with E-state index < -0.39 is 20.2 Å². The molecule has 0 aliphatic rings. The van der Waals surface area contributed by atoms with Crippen molar-refractivity contribution in [3.8, 4) is 0 Å². The number of hydrogen-bond acceptors (Lipinski definition) is 4. The number of benzene rings is 1. The van der Waals surface area contributed by atoms with Gasteiger partial charge in [0.25, 0.3) is 0 Å². The van der Waals surface area contributed by atoms with Crippen molar-refractivity contribution in [1.82, 2.24) is 10.6 Å². The van der Waals surface area contributed by atoms with Gasteiger partial charge in [-0.15, -0.1) is 0 Å². The summed E-state index contributed by atoms with van der Waals surface area (Å²) in [5.74, 6) is -0.426. The molecule has 1 rings (SSSR count). The van der Waals surface area contributed by atoms with Gasteiger partial charge < -0.3 is 14.5 Å². The molecular formula is C19H32ClFN2O2Si. The molecule has 2 N–H and O–H groups in total. The van der Waals surface area contributed by atoms with E-state index in [4.69, 9.17) is 16.0 Å². The van der Waals surface area contributed by atoms with Gasteiger partial charge in [0.05, 0.1) is 17.3 Å². The van der Waals surface area contributed by atoms with Crippen LogP contribution in [0.2, 0.25) is 23.2 Å². The summed E-state index contributed by atoms with van der Waals surface area (Å²) in [7, 11) is -1.93. The summed E-state index contributed by atoms with van der Waals surface area (Å²) in [5.41, 5.74) is 0.478. The second-order valence-electron chi connectivity index (χ2n) is 8.03. The average Bonchev–Trinajstić information content (AvgIpc) is 2.55. The largest absolute Gasteiger partial charge is 0.402 e. The minimum Gasteiger partial charge on any atom is -0.402 e. The van der Waals surface area contributed by atoms with Gasteiger partial charge in [0.2, 0.25) is 0 Å². The predicted molar refractivity (Wildman–Crippen MR) is 108 cm³/mol. The van der Waals surface area contributed by atoms with Gasteiger partial charge in [-0.1, -0.05) is 51.4 Å². The zero-order valence-corrected chi connectivity index (χ0v) is 18.4. The smallest absolute Gasteiger partial charge is 0.194 e. The molecule has 0 saturated heterocycles. The van der Waals surface area contributed by atoms with E-state index in [0.29, 0.717) is 18.7 Å². The Labute approximate surface area is 163 Å². The van der Waals surface area contributed by atoms with Gasteiger partial charge in [0.1, 0.15) is 12.1 Å². The first-order valence-electron chi connectivity index (χ1n) is 9.04. The van der Waals surface area contributed by atoms with Crippen LogP contribution in [0.15, 0.2) is 18.2 Å². The van der Waals surface area contributed by atoms with Crippen molar-refractivity contribution in [1.29, 1.82) is 0 Å². The molecule has 0 aliphatic carbocycles. The van der Waals surface area contributed by atoms with Gasteiger partial charge in [-0.25, -0.2) is 4.39 Å². The van der Waals surface area contributed by atoms with E-state index in [2.05, 4.69) is 44.5 Å². The van der Waals surface area contributed by atoms with Gasteiger partial charge >= 0.3 is 0 Å². The van der Waals surface area contributed by atoms with E-state index in [1.54, 1.807) is 12.1 Å². The lowest BCUT2D eigenvalue weighted by atomic mass is 10.2. The van der Waals surface area contributed by atoms with E-state index in [0.717, 1.165) is 12.7 Å². The second-order valence-corrected chi connectivity index (χ2v) is 13.2. The number of hydrogen-bond donors (Lipinski definition) is 2. The van der Waals surface area contributed by atoms with Crippen LogP contribution in [0.25, 0.3) is 0 Å². The van der Waals surface area contributed by atoms with Crippen molar-refractivity contribution in [2.75, 3.05) is 6.54 Å². The molecule has 0 amide bonds. The highest BCUT2D eigenvalue weighted by Gasteiger charge is 2.39. The van der Waals surface area contributed by atoms with Gasteiger partial charge in [-0.2, -0.15) is 0 Å². The summed E-state index contributed by atoms with van der Waals surface area (Å²) in [4.78, 5) is 11.4. The predicted octanol–water partition coefficient (Wildman–Crippen LogP) is 4.48. The highest BCUT2D eigenvalue weighted by Crippen LogP contribution is 2.37. The van der Waals surface area contributed by atoms with Crippen molar-refractivity contribution in [3.05, 3.63) is 34.6 Å². The van der Waals surface area contributed by atoms with Gasteiger partial charge in [0.15, 0.2) is 8.32 Å². The van der Waals surface area contributed by atoms with Crippen LogP contribution in [-0.2, 0) is 15.8 Å². The molecule has 0 aromatic heterocycles. The minimum absolute atomic E-state index is 0.0983. The number of halogens is 2. The topological polar surface area (TPSA) is 50.4 Å². The molecule has 1 unspecified atom stereocenters. The first-order valence-corrected chi connectivity index (χ1v) is 12.3. The fraction of sp³-hybridized carbons (Fsp3) is 0.632. The number of nitrogens with one attached hydrogen (secondary N) is 2. The molecular weight excluding hydrogens is 371 g/mol. The Kier molecular flexibility index (Phi) is 8.89. The Morgan fingerprint density at radius 1 is 1.35 bits per heavy atom. The summed E-state index contributed by atoms with van der Waals surface area (Å²) in [5, 5.41) is 6.56. The first-order chi connectivity index (χ1) is 12.0. The Morgan fingerprint density at radius 2 is 2.00 bits per heavy atom.